The van der Waals surface area contributed by atoms with E-state index in [2.05, 4.69) is 51.1 Å². The van der Waals surface area contributed by atoms with Gasteiger partial charge in [0.05, 0.1) is 0 Å². The number of benzene rings is 1. The van der Waals surface area contributed by atoms with Gasteiger partial charge in [-0.1, -0.05) is 72.1 Å². The van der Waals surface area contributed by atoms with Crippen LogP contribution < -0.4 is 10.2 Å². The smallest absolute Gasteiger partial charge is 0.251 e. The van der Waals surface area contributed by atoms with Crippen LogP contribution in [-0.2, 0) is 15.0 Å². The molecule has 1 aromatic heterocycles. The zero-order valence-electron chi connectivity index (χ0n) is 23.4. The van der Waals surface area contributed by atoms with E-state index in [-0.39, 0.29) is 28.7 Å². The lowest BCUT2D eigenvalue weighted by atomic mass is 9.87. The van der Waals surface area contributed by atoms with Crippen molar-refractivity contribution in [2.45, 2.75) is 96.7 Å². The molecule has 1 unspecified atom stereocenters. The van der Waals surface area contributed by atoms with E-state index in [1.165, 1.54) is 6.42 Å². The lowest BCUT2D eigenvalue weighted by molar-refractivity contribution is -0.128. The van der Waals surface area contributed by atoms with Gasteiger partial charge in [-0.3, -0.25) is 24.4 Å². The number of aromatic nitrogens is 1. The molecule has 0 spiro atoms. The highest BCUT2D eigenvalue weighted by Crippen LogP contribution is 2.38. The quantitative estimate of drug-likeness (QED) is 0.514. The Kier molecular flexibility index (Phi) is 8.10. The molecule has 4 rings (SSSR count). The largest absolute Gasteiger partial charge is 0.351 e. The molecule has 2 amide bonds. The predicted octanol–water partition coefficient (Wildman–Crippen LogP) is 5.48. The average molecular weight is 516 g/mol. The summed E-state index contributed by atoms with van der Waals surface area (Å²) in [6.45, 7) is 11.1. The van der Waals surface area contributed by atoms with Crippen LogP contribution in [0.2, 0.25) is 0 Å². The summed E-state index contributed by atoms with van der Waals surface area (Å²) < 4.78 is 0. The van der Waals surface area contributed by atoms with Crippen LogP contribution in [0.1, 0.15) is 90.3 Å². The Morgan fingerprint density at radius 3 is 2.39 bits per heavy atom. The molecule has 7 heteroatoms. The lowest BCUT2D eigenvalue weighted by Crippen LogP contribution is -2.51. The van der Waals surface area contributed by atoms with Crippen molar-refractivity contribution in [2.75, 3.05) is 11.4 Å². The normalized spacial score (nSPS) is 20.4. The van der Waals surface area contributed by atoms with Gasteiger partial charge in [0, 0.05) is 36.2 Å². The van der Waals surface area contributed by atoms with Gasteiger partial charge in [-0.25, -0.2) is 0 Å². The van der Waals surface area contributed by atoms with Crippen LogP contribution in [0.5, 0.6) is 0 Å². The summed E-state index contributed by atoms with van der Waals surface area (Å²) in [6, 6.07) is 10.1. The molecule has 2 aromatic rings. The SMILES string of the molecule is CC1(C)C[C@H](C(=O)N(c2ccc(C(C)(C)C)cc2)C(C(=O)NC2CCCCC2)c2cccnc2)N(C#N)C1. The molecule has 2 atom stereocenters. The third-order valence-electron chi connectivity index (χ3n) is 7.84. The Balaban J connectivity index is 1.80. The minimum absolute atomic E-state index is 0.0540. The number of nitriles is 1. The minimum Gasteiger partial charge on any atom is -0.351 e. The van der Waals surface area contributed by atoms with Crippen molar-refractivity contribution < 1.29 is 9.59 Å². The Morgan fingerprint density at radius 1 is 1.13 bits per heavy atom. The van der Waals surface area contributed by atoms with Crippen molar-refractivity contribution in [3.8, 4) is 6.19 Å². The van der Waals surface area contributed by atoms with Gasteiger partial charge in [0.25, 0.3) is 5.91 Å². The second-order valence-corrected chi connectivity index (χ2v) is 12.6. The molecule has 1 aromatic carbocycles. The standard InChI is InChI=1S/C31H41N5O2/c1-30(2,3)23-13-15-25(16-14-23)36(29(38)26-18-31(4,5)20-35(26)21-32)27(22-10-9-17-33-19-22)28(37)34-24-11-7-6-8-12-24/h9-10,13-17,19,24,26-27H,6-8,11-12,18,20H2,1-5H3,(H,34,37)/t26-,27?/m1/s1. The fraction of sp³-hybridized carbons (Fsp3) is 0.548. The number of nitrogens with one attached hydrogen (secondary N) is 1. The van der Waals surface area contributed by atoms with E-state index < -0.39 is 12.1 Å². The summed E-state index contributed by atoms with van der Waals surface area (Å²) in [6.07, 6.45) is 11.4. The molecular weight excluding hydrogens is 474 g/mol. The monoisotopic (exact) mass is 515 g/mol. The molecule has 0 radical (unpaired) electrons. The van der Waals surface area contributed by atoms with Crippen molar-refractivity contribution in [2.24, 2.45) is 5.41 Å². The first kappa shape index (κ1) is 27.6. The molecule has 1 aliphatic heterocycles. The third-order valence-corrected chi connectivity index (χ3v) is 7.84. The van der Waals surface area contributed by atoms with Gasteiger partial charge in [-0.05, 0) is 53.9 Å². The molecule has 2 fully saturated rings. The number of anilines is 1. The van der Waals surface area contributed by atoms with Crippen LogP contribution in [0.15, 0.2) is 48.8 Å². The number of amides is 2. The Bertz CT molecular complexity index is 1160. The first-order valence-electron chi connectivity index (χ1n) is 13.8. The van der Waals surface area contributed by atoms with E-state index in [0.29, 0.717) is 24.2 Å². The average Bonchev–Trinajstić information content (AvgIpc) is 3.22. The van der Waals surface area contributed by atoms with Crippen LogP contribution in [-0.4, -0.2) is 40.3 Å². The molecular formula is C31H41N5O2. The van der Waals surface area contributed by atoms with E-state index >= 15 is 0 Å². The molecule has 7 nitrogen and oxygen atoms in total. The van der Waals surface area contributed by atoms with E-state index in [4.69, 9.17) is 0 Å². The second kappa shape index (κ2) is 11.1. The first-order valence-corrected chi connectivity index (χ1v) is 13.8. The van der Waals surface area contributed by atoms with Crippen LogP contribution in [0.25, 0.3) is 0 Å². The van der Waals surface area contributed by atoms with Crippen LogP contribution in [0.4, 0.5) is 5.69 Å². The van der Waals surface area contributed by atoms with Crippen molar-refractivity contribution in [1.29, 1.82) is 5.26 Å². The third kappa shape index (κ3) is 6.18. The zero-order chi connectivity index (χ0) is 27.5. The van der Waals surface area contributed by atoms with Crippen LogP contribution in [0, 0.1) is 16.9 Å². The number of hydrogen-bond donors (Lipinski definition) is 1. The molecule has 202 valence electrons. The predicted molar refractivity (Wildman–Crippen MR) is 149 cm³/mol. The fourth-order valence-corrected chi connectivity index (χ4v) is 5.76. The molecule has 1 saturated heterocycles. The number of carbonyl (C=O) groups is 2. The molecule has 2 aliphatic rings. The number of nitrogens with zero attached hydrogens (tertiary/aromatic N) is 4. The first-order chi connectivity index (χ1) is 18.0. The molecule has 1 aliphatic carbocycles. The summed E-state index contributed by atoms with van der Waals surface area (Å²) >= 11 is 0. The Hall–Kier alpha value is -3.40. The highest BCUT2D eigenvalue weighted by atomic mass is 16.2. The molecule has 0 bridgehead atoms. The molecule has 1 N–H and O–H groups in total. The summed E-state index contributed by atoms with van der Waals surface area (Å²) in [5, 5.41) is 13.1. The Morgan fingerprint density at radius 2 is 1.82 bits per heavy atom. The van der Waals surface area contributed by atoms with E-state index in [0.717, 1.165) is 31.2 Å². The number of hydrogen-bond acceptors (Lipinski definition) is 5. The number of carbonyl (C=O) groups excluding carboxylic acids is 2. The number of likely N-dealkylation sites (tertiary alicyclic amines) is 1. The summed E-state index contributed by atoms with van der Waals surface area (Å²) in [4.78, 5) is 35.9. The lowest BCUT2D eigenvalue weighted by Gasteiger charge is -2.36. The highest BCUT2D eigenvalue weighted by Gasteiger charge is 2.46. The van der Waals surface area contributed by atoms with Crippen molar-refractivity contribution >= 4 is 17.5 Å². The van der Waals surface area contributed by atoms with Gasteiger partial charge >= 0.3 is 0 Å². The second-order valence-electron chi connectivity index (χ2n) is 12.6. The topological polar surface area (TPSA) is 89.3 Å². The molecule has 1 saturated carbocycles. The maximum atomic E-state index is 14.4. The number of pyridine rings is 1. The molecule has 38 heavy (non-hydrogen) atoms. The van der Waals surface area contributed by atoms with E-state index in [9.17, 15) is 14.9 Å². The van der Waals surface area contributed by atoms with Gasteiger partial charge in [-0.15, -0.1) is 0 Å². The highest BCUT2D eigenvalue weighted by molar-refractivity contribution is 6.04. The molecule has 2 heterocycles. The maximum absolute atomic E-state index is 14.4. The van der Waals surface area contributed by atoms with Crippen LogP contribution >= 0.6 is 0 Å². The summed E-state index contributed by atoms with van der Waals surface area (Å²) in [5.74, 6) is -0.452. The van der Waals surface area contributed by atoms with Gasteiger partial charge in [0.2, 0.25) is 5.91 Å². The Labute approximate surface area is 227 Å². The summed E-state index contributed by atoms with van der Waals surface area (Å²) in [7, 11) is 0. The van der Waals surface area contributed by atoms with E-state index in [1.54, 1.807) is 28.3 Å². The summed E-state index contributed by atoms with van der Waals surface area (Å²) in [5.41, 5.74) is 2.18. The van der Waals surface area contributed by atoms with Crippen LogP contribution in [0.3, 0.4) is 0 Å². The van der Waals surface area contributed by atoms with Crippen molar-refractivity contribution in [3.63, 3.8) is 0 Å². The number of rotatable bonds is 6. The van der Waals surface area contributed by atoms with Gasteiger partial charge in [0.1, 0.15) is 12.1 Å². The van der Waals surface area contributed by atoms with Gasteiger partial charge in [0.15, 0.2) is 6.19 Å². The van der Waals surface area contributed by atoms with Gasteiger partial charge in [-0.2, -0.15) is 5.26 Å². The minimum atomic E-state index is -0.900. The zero-order valence-corrected chi connectivity index (χ0v) is 23.4. The fourth-order valence-electron chi connectivity index (χ4n) is 5.76. The van der Waals surface area contributed by atoms with E-state index in [1.807, 2.05) is 30.3 Å². The van der Waals surface area contributed by atoms with Crippen molar-refractivity contribution in [3.05, 3.63) is 59.9 Å². The van der Waals surface area contributed by atoms with Crippen molar-refractivity contribution in [1.82, 2.24) is 15.2 Å². The maximum Gasteiger partial charge on any atom is 0.251 e. The van der Waals surface area contributed by atoms with Gasteiger partial charge < -0.3 is 5.32 Å².